The van der Waals surface area contributed by atoms with Crippen molar-refractivity contribution in [2.75, 3.05) is 6.54 Å². The average molecular weight is 222 g/mol. The van der Waals surface area contributed by atoms with E-state index in [4.69, 9.17) is 5.11 Å². The smallest absolute Gasteiger partial charge is 0.409 e. The average Bonchev–Trinajstić information content (AvgIpc) is 2.61. The number of carboxylic acid groups (broad SMARTS) is 1. The fourth-order valence-corrected chi connectivity index (χ4v) is 2.15. The number of hydrogen-bond donors (Lipinski definition) is 2. The highest BCUT2D eigenvalue weighted by Crippen LogP contribution is 2.30. The number of pyridine rings is 1. The van der Waals surface area contributed by atoms with Gasteiger partial charge in [-0.2, -0.15) is 0 Å². The molecule has 16 heavy (non-hydrogen) atoms. The van der Waals surface area contributed by atoms with Crippen LogP contribution in [-0.2, 0) is 6.42 Å². The van der Waals surface area contributed by atoms with Gasteiger partial charge < -0.3 is 10.2 Å². The number of aromatic nitrogens is 1. The molecule has 1 aliphatic heterocycles. The zero-order chi connectivity index (χ0) is 11.6. The third kappa shape index (κ3) is 1.99. The molecule has 1 aromatic rings. The van der Waals surface area contributed by atoms with Crippen LogP contribution in [0, 0.1) is 0 Å². The van der Waals surface area contributed by atoms with Crippen LogP contribution in [0.4, 0.5) is 4.79 Å². The number of nitrogens with zero attached hydrogens (tertiary/aromatic N) is 2. The van der Waals surface area contributed by atoms with Gasteiger partial charge in [-0.05, 0) is 30.5 Å². The van der Waals surface area contributed by atoms with E-state index in [9.17, 15) is 9.90 Å². The van der Waals surface area contributed by atoms with Crippen LogP contribution in [0.15, 0.2) is 24.5 Å². The Kier molecular flexibility index (Phi) is 2.78. The molecule has 1 atom stereocenters. The van der Waals surface area contributed by atoms with Gasteiger partial charge in [-0.1, -0.05) is 0 Å². The van der Waals surface area contributed by atoms with Crippen molar-refractivity contribution >= 4 is 6.09 Å². The van der Waals surface area contributed by atoms with Gasteiger partial charge in [0.05, 0.1) is 0 Å². The number of likely N-dealkylation sites (tertiary alicyclic amines) is 1. The molecule has 2 rings (SSSR count). The zero-order valence-corrected chi connectivity index (χ0v) is 8.83. The van der Waals surface area contributed by atoms with E-state index in [2.05, 4.69) is 4.98 Å². The molecule has 2 heterocycles. The van der Waals surface area contributed by atoms with Crippen LogP contribution in [0.3, 0.4) is 0 Å². The number of aliphatic hydroxyl groups is 1. The largest absolute Gasteiger partial charge is 0.465 e. The molecule has 5 nitrogen and oxygen atoms in total. The van der Waals surface area contributed by atoms with Crippen LogP contribution in [0.1, 0.15) is 18.4 Å². The normalized spacial score (nSPS) is 24.7. The van der Waals surface area contributed by atoms with E-state index in [1.54, 1.807) is 24.5 Å². The molecule has 86 valence electrons. The molecule has 1 fully saturated rings. The number of rotatable bonds is 2. The Hall–Kier alpha value is -1.62. The zero-order valence-electron chi connectivity index (χ0n) is 8.83. The summed E-state index contributed by atoms with van der Waals surface area (Å²) in [4.78, 5) is 16.0. The Labute approximate surface area is 93.3 Å². The van der Waals surface area contributed by atoms with Crippen LogP contribution in [-0.4, -0.2) is 38.5 Å². The third-order valence-corrected chi connectivity index (χ3v) is 2.93. The van der Waals surface area contributed by atoms with Gasteiger partial charge >= 0.3 is 6.09 Å². The van der Waals surface area contributed by atoms with Gasteiger partial charge in [-0.25, -0.2) is 4.79 Å². The molecule has 0 aliphatic carbocycles. The van der Waals surface area contributed by atoms with E-state index in [1.807, 2.05) is 0 Å². The summed E-state index contributed by atoms with van der Waals surface area (Å²) >= 11 is 0. The Bertz CT molecular complexity index is 382. The Balaban J connectivity index is 2.16. The molecule has 1 aromatic heterocycles. The minimum Gasteiger partial charge on any atom is -0.465 e. The van der Waals surface area contributed by atoms with Gasteiger partial charge in [0, 0.05) is 25.4 Å². The lowest BCUT2D eigenvalue weighted by atomic mass is 10.0. The fourth-order valence-electron chi connectivity index (χ4n) is 2.15. The van der Waals surface area contributed by atoms with Gasteiger partial charge in [0.25, 0.3) is 0 Å². The maximum Gasteiger partial charge on any atom is 0.409 e. The number of hydrogen-bond acceptors (Lipinski definition) is 3. The van der Waals surface area contributed by atoms with E-state index in [1.165, 1.54) is 0 Å². The van der Waals surface area contributed by atoms with Gasteiger partial charge in [-0.15, -0.1) is 0 Å². The van der Waals surface area contributed by atoms with Crippen molar-refractivity contribution in [1.82, 2.24) is 9.88 Å². The van der Waals surface area contributed by atoms with Gasteiger partial charge in [-0.3, -0.25) is 9.88 Å². The predicted molar refractivity (Wildman–Crippen MR) is 56.9 cm³/mol. The standard InChI is InChI=1S/C11H14N2O3/c14-10(15)13-7-1-4-11(13,16)8-9-2-5-12-6-3-9/h2-3,5-6,16H,1,4,7-8H2,(H,14,15)/t11-/m0/s1. The second-order valence-corrected chi connectivity index (χ2v) is 4.05. The quantitative estimate of drug-likeness (QED) is 0.785. The fraction of sp³-hybridized carbons (Fsp3) is 0.455. The van der Waals surface area contributed by atoms with E-state index < -0.39 is 11.8 Å². The van der Waals surface area contributed by atoms with E-state index in [0.29, 0.717) is 25.8 Å². The van der Waals surface area contributed by atoms with Crippen LogP contribution in [0.25, 0.3) is 0 Å². The Morgan fingerprint density at radius 2 is 2.19 bits per heavy atom. The summed E-state index contributed by atoms with van der Waals surface area (Å²) in [6.07, 6.45) is 3.73. The van der Waals surface area contributed by atoms with Crippen molar-refractivity contribution in [3.63, 3.8) is 0 Å². The molecule has 5 heteroatoms. The van der Waals surface area contributed by atoms with E-state index in [0.717, 1.165) is 10.5 Å². The molecule has 0 radical (unpaired) electrons. The molecule has 1 aliphatic rings. The van der Waals surface area contributed by atoms with Gasteiger partial charge in [0.1, 0.15) is 5.72 Å². The summed E-state index contributed by atoms with van der Waals surface area (Å²) in [6, 6.07) is 3.58. The topological polar surface area (TPSA) is 73.7 Å². The second kappa shape index (κ2) is 4.09. The maximum absolute atomic E-state index is 11.0. The summed E-state index contributed by atoms with van der Waals surface area (Å²) in [7, 11) is 0. The highest BCUT2D eigenvalue weighted by Gasteiger charge is 2.41. The van der Waals surface area contributed by atoms with Crippen molar-refractivity contribution < 1.29 is 15.0 Å². The first kappa shape index (κ1) is 10.9. The third-order valence-electron chi connectivity index (χ3n) is 2.93. The van der Waals surface area contributed by atoms with Gasteiger partial charge in [0.2, 0.25) is 0 Å². The minimum atomic E-state index is -1.26. The molecule has 1 saturated heterocycles. The number of carbonyl (C=O) groups is 1. The van der Waals surface area contributed by atoms with Crippen molar-refractivity contribution in [3.8, 4) is 0 Å². The van der Waals surface area contributed by atoms with Crippen LogP contribution >= 0.6 is 0 Å². The predicted octanol–water partition coefficient (Wildman–Crippen LogP) is 1.09. The highest BCUT2D eigenvalue weighted by atomic mass is 16.4. The van der Waals surface area contributed by atoms with Crippen molar-refractivity contribution in [1.29, 1.82) is 0 Å². The maximum atomic E-state index is 11.0. The summed E-state index contributed by atoms with van der Waals surface area (Å²) in [5, 5.41) is 19.3. The molecule has 1 amide bonds. The van der Waals surface area contributed by atoms with Crippen LogP contribution in [0.5, 0.6) is 0 Å². The van der Waals surface area contributed by atoms with Crippen molar-refractivity contribution in [2.24, 2.45) is 0 Å². The molecule has 0 spiro atoms. The van der Waals surface area contributed by atoms with Crippen molar-refractivity contribution in [2.45, 2.75) is 25.0 Å². The molecule has 0 aromatic carbocycles. The Morgan fingerprint density at radius 1 is 1.50 bits per heavy atom. The lowest BCUT2D eigenvalue weighted by Gasteiger charge is -2.31. The molecule has 0 unspecified atom stereocenters. The van der Waals surface area contributed by atoms with Gasteiger partial charge in [0.15, 0.2) is 0 Å². The second-order valence-electron chi connectivity index (χ2n) is 4.05. The summed E-state index contributed by atoms with van der Waals surface area (Å²) in [5.41, 5.74) is -0.363. The molecular weight excluding hydrogens is 208 g/mol. The van der Waals surface area contributed by atoms with Crippen LogP contribution in [0.2, 0.25) is 0 Å². The Morgan fingerprint density at radius 3 is 2.81 bits per heavy atom. The first-order valence-electron chi connectivity index (χ1n) is 5.24. The molecular formula is C11H14N2O3. The first-order chi connectivity index (χ1) is 7.62. The van der Waals surface area contributed by atoms with E-state index >= 15 is 0 Å². The molecule has 2 N–H and O–H groups in total. The monoisotopic (exact) mass is 222 g/mol. The number of amides is 1. The SMILES string of the molecule is O=C(O)N1CCC[C@]1(O)Cc1ccncc1. The molecule has 0 bridgehead atoms. The highest BCUT2D eigenvalue weighted by molar-refractivity contribution is 5.66. The lowest BCUT2D eigenvalue weighted by molar-refractivity contribution is -0.0647. The minimum absolute atomic E-state index is 0.321. The summed E-state index contributed by atoms with van der Waals surface area (Å²) < 4.78 is 0. The van der Waals surface area contributed by atoms with Crippen LogP contribution < -0.4 is 0 Å². The summed E-state index contributed by atoms with van der Waals surface area (Å²) in [6.45, 7) is 0.400. The first-order valence-corrected chi connectivity index (χ1v) is 5.24. The molecule has 0 saturated carbocycles. The summed E-state index contributed by atoms with van der Waals surface area (Å²) in [5.74, 6) is 0. The van der Waals surface area contributed by atoms with Crippen molar-refractivity contribution in [3.05, 3.63) is 30.1 Å². The van der Waals surface area contributed by atoms with E-state index in [-0.39, 0.29) is 0 Å². The lowest BCUT2D eigenvalue weighted by Crippen LogP contribution is -2.48.